The van der Waals surface area contributed by atoms with Crippen LogP contribution >= 0.6 is 15.9 Å². The van der Waals surface area contributed by atoms with Gasteiger partial charge < -0.3 is 9.84 Å². The van der Waals surface area contributed by atoms with E-state index >= 15 is 0 Å². The van der Waals surface area contributed by atoms with Gasteiger partial charge in [-0.05, 0) is 19.1 Å². The topological polar surface area (TPSA) is 55.1 Å². The Balaban J connectivity index is 2.31. The first-order valence-electron chi connectivity index (χ1n) is 4.86. The summed E-state index contributed by atoms with van der Waals surface area (Å²) in [6.07, 6.45) is 1.18. The van der Waals surface area contributed by atoms with Crippen molar-refractivity contribution in [3.63, 3.8) is 0 Å². The number of nitrogens with one attached hydrogen (secondary N) is 1. The molecule has 0 aliphatic heterocycles. The van der Waals surface area contributed by atoms with Crippen molar-refractivity contribution < 1.29 is 18.1 Å². The minimum atomic E-state index is -0.871. The van der Waals surface area contributed by atoms with Crippen molar-refractivity contribution in [2.75, 3.05) is 5.32 Å². The molecule has 7 heteroatoms. The fourth-order valence-electron chi connectivity index (χ4n) is 1.36. The van der Waals surface area contributed by atoms with Crippen LogP contribution in [0.5, 0.6) is 0 Å². The van der Waals surface area contributed by atoms with Crippen LogP contribution in [0, 0.1) is 18.6 Å². The van der Waals surface area contributed by atoms with Crippen molar-refractivity contribution in [3.05, 3.63) is 45.8 Å². The van der Waals surface area contributed by atoms with Gasteiger partial charge in [0, 0.05) is 4.47 Å². The number of nitrogens with zero attached hydrogens (tertiary/aromatic N) is 1. The monoisotopic (exact) mass is 316 g/mol. The molecule has 0 unspecified atom stereocenters. The van der Waals surface area contributed by atoms with Gasteiger partial charge in [0.05, 0.1) is 6.20 Å². The Morgan fingerprint density at radius 3 is 2.50 bits per heavy atom. The normalized spacial score (nSPS) is 10.4. The molecule has 0 fully saturated rings. The molecule has 0 saturated heterocycles. The third kappa shape index (κ3) is 2.40. The van der Waals surface area contributed by atoms with Crippen molar-refractivity contribution in [1.29, 1.82) is 0 Å². The first-order valence-corrected chi connectivity index (χ1v) is 5.65. The Labute approximate surface area is 109 Å². The number of aromatic nitrogens is 1. The molecule has 0 atom stereocenters. The third-order valence-electron chi connectivity index (χ3n) is 2.24. The van der Waals surface area contributed by atoms with Crippen LogP contribution in [0.4, 0.5) is 14.5 Å². The van der Waals surface area contributed by atoms with E-state index in [0.717, 1.165) is 12.1 Å². The number of halogens is 3. The average molecular weight is 317 g/mol. The zero-order valence-corrected chi connectivity index (χ0v) is 10.7. The summed E-state index contributed by atoms with van der Waals surface area (Å²) in [6.45, 7) is 1.52. The number of amides is 1. The van der Waals surface area contributed by atoms with Gasteiger partial charge in [-0.25, -0.2) is 8.78 Å². The molecule has 1 aromatic carbocycles. The minimum Gasteiger partial charge on any atom is -0.361 e. The maximum Gasteiger partial charge on any atom is 0.261 e. The molecule has 1 N–H and O–H groups in total. The van der Waals surface area contributed by atoms with E-state index < -0.39 is 23.2 Å². The highest BCUT2D eigenvalue weighted by Crippen LogP contribution is 2.24. The molecule has 1 amide bonds. The zero-order chi connectivity index (χ0) is 13.3. The summed E-state index contributed by atoms with van der Waals surface area (Å²) in [7, 11) is 0. The maximum absolute atomic E-state index is 13.5. The summed E-state index contributed by atoms with van der Waals surface area (Å²) >= 11 is 2.95. The number of carbonyl (C=O) groups excluding carboxylic acids is 1. The molecule has 0 aliphatic rings. The lowest BCUT2D eigenvalue weighted by atomic mass is 10.2. The highest BCUT2D eigenvalue weighted by atomic mass is 79.9. The summed E-state index contributed by atoms with van der Waals surface area (Å²) < 4.78 is 31.9. The van der Waals surface area contributed by atoms with Gasteiger partial charge >= 0.3 is 0 Å². The molecule has 1 aromatic heterocycles. The lowest BCUT2D eigenvalue weighted by Crippen LogP contribution is -2.14. The van der Waals surface area contributed by atoms with Crippen molar-refractivity contribution in [3.8, 4) is 0 Å². The Morgan fingerprint density at radius 1 is 1.39 bits per heavy atom. The molecule has 2 rings (SSSR count). The number of hydrogen-bond acceptors (Lipinski definition) is 3. The molecule has 0 bridgehead atoms. The van der Waals surface area contributed by atoms with Crippen LogP contribution in [0.3, 0.4) is 0 Å². The fraction of sp³-hybridized carbons (Fsp3) is 0.0909. The molecule has 94 valence electrons. The molecule has 4 nitrogen and oxygen atoms in total. The standard InChI is InChI=1S/C11H7BrF2N2O2/c1-5-7(4-15-18-5)11(17)16-10-8(13)2-6(12)3-9(10)14/h2-4H,1H3,(H,16,17). The number of rotatable bonds is 2. The van der Waals surface area contributed by atoms with E-state index in [0.29, 0.717) is 0 Å². The SMILES string of the molecule is Cc1oncc1C(=O)Nc1c(F)cc(Br)cc1F. The molecule has 0 saturated carbocycles. The predicted molar refractivity (Wildman–Crippen MR) is 63.3 cm³/mol. The van der Waals surface area contributed by atoms with E-state index in [1.54, 1.807) is 0 Å². The van der Waals surface area contributed by atoms with Crippen LogP contribution < -0.4 is 5.32 Å². The van der Waals surface area contributed by atoms with Crippen molar-refractivity contribution in [1.82, 2.24) is 5.16 Å². The molecular formula is C11H7BrF2N2O2. The fourth-order valence-corrected chi connectivity index (χ4v) is 1.76. The van der Waals surface area contributed by atoms with Gasteiger partial charge in [-0.3, -0.25) is 4.79 Å². The quantitative estimate of drug-likeness (QED) is 0.925. The van der Waals surface area contributed by atoms with Crippen LogP contribution in [0.15, 0.2) is 27.3 Å². The van der Waals surface area contributed by atoms with Crippen molar-refractivity contribution >= 4 is 27.5 Å². The van der Waals surface area contributed by atoms with Gasteiger partial charge in [-0.15, -0.1) is 0 Å². The first-order chi connectivity index (χ1) is 8.49. The Kier molecular flexibility index (Phi) is 3.42. The highest BCUT2D eigenvalue weighted by Gasteiger charge is 2.17. The van der Waals surface area contributed by atoms with Crippen LogP contribution in [0.25, 0.3) is 0 Å². The lowest BCUT2D eigenvalue weighted by Gasteiger charge is -2.07. The second-order valence-corrected chi connectivity index (χ2v) is 4.41. The predicted octanol–water partition coefficient (Wildman–Crippen LogP) is 3.28. The second-order valence-electron chi connectivity index (χ2n) is 3.49. The maximum atomic E-state index is 13.5. The number of carbonyl (C=O) groups is 1. The third-order valence-corrected chi connectivity index (χ3v) is 2.70. The van der Waals surface area contributed by atoms with Crippen LogP contribution in [-0.4, -0.2) is 11.1 Å². The van der Waals surface area contributed by atoms with E-state index in [2.05, 4.69) is 26.4 Å². The lowest BCUT2D eigenvalue weighted by molar-refractivity contribution is 0.102. The smallest absolute Gasteiger partial charge is 0.261 e. The zero-order valence-electron chi connectivity index (χ0n) is 9.13. The molecule has 18 heavy (non-hydrogen) atoms. The van der Waals surface area contributed by atoms with Crippen molar-refractivity contribution in [2.24, 2.45) is 0 Å². The molecule has 1 heterocycles. The van der Waals surface area contributed by atoms with Crippen LogP contribution in [0.2, 0.25) is 0 Å². The largest absolute Gasteiger partial charge is 0.361 e. The van der Waals surface area contributed by atoms with Gasteiger partial charge in [0.15, 0.2) is 11.6 Å². The molecular weight excluding hydrogens is 310 g/mol. The van der Waals surface area contributed by atoms with Gasteiger partial charge in [0.25, 0.3) is 5.91 Å². The Bertz CT molecular complexity index is 590. The second kappa shape index (κ2) is 4.85. The van der Waals surface area contributed by atoms with Gasteiger partial charge in [-0.1, -0.05) is 21.1 Å². The number of hydrogen-bond donors (Lipinski definition) is 1. The van der Waals surface area contributed by atoms with E-state index in [-0.39, 0.29) is 15.8 Å². The number of benzene rings is 1. The van der Waals surface area contributed by atoms with E-state index in [1.807, 2.05) is 0 Å². The molecule has 0 spiro atoms. The van der Waals surface area contributed by atoms with E-state index in [1.165, 1.54) is 13.1 Å². The minimum absolute atomic E-state index is 0.122. The summed E-state index contributed by atoms with van der Waals surface area (Å²) in [5.41, 5.74) is -0.388. The van der Waals surface area contributed by atoms with Crippen LogP contribution in [-0.2, 0) is 0 Å². The highest BCUT2D eigenvalue weighted by molar-refractivity contribution is 9.10. The molecule has 0 radical (unpaired) electrons. The average Bonchev–Trinajstić information content (AvgIpc) is 2.69. The van der Waals surface area contributed by atoms with Gasteiger partial charge in [0.2, 0.25) is 0 Å². The first kappa shape index (κ1) is 12.7. The summed E-state index contributed by atoms with van der Waals surface area (Å²) in [5.74, 6) is -2.16. The van der Waals surface area contributed by atoms with E-state index in [4.69, 9.17) is 4.52 Å². The number of aryl methyl sites for hydroxylation is 1. The summed E-state index contributed by atoms with van der Waals surface area (Å²) in [4.78, 5) is 11.7. The Morgan fingerprint density at radius 2 is 2.00 bits per heavy atom. The summed E-state index contributed by atoms with van der Waals surface area (Å²) in [6, 6.07) is 2.11. The number of anilines is 1. The Hall–Kier alpha value is -1.76. The molecule has 0 aliphatic carbocycles. The van der Waals surface area contributed by atoms with Gasteiger partial charge in [0.1, 0.15) is 17.0 Å². The molecule has 2 aromatic rings. The summed E-state index contributed by atoms with van der Waals surface area (Å²) in [5, 5.41) is 5.55. The van der Waals surface area contributed by atoms with Crippen LogP contribution in [0.1, 0.15) is 16.1 Å². The van der Waals surface area contributed by atoms with E-state index in [9.17, 15) is 13.6 Å². The van der Waals surface area contributed by atoms with Gasteiger partial charge in [-0.2, -0.15) is 0 Å². The van der Waals surface area contributed by atoms with Crippen molar-refractivity contribution in [2.45, 2.75) is 6.92 Å².